The molecule has 5 nitrogen and oxygen atoms in total. The van der Waals surface area contributed by atoms with Crippen LogP contribution in [0.25, 0.3) is 12.2 Å². The van der Waals surface area contributed by atoms with Crippen molar-refractivity contribution in [3.05, 3.63) is 111 Å². The molecule has 164 valence electrons. The van der Waals surface area contributed by atoms with Crippen molar-refractivity contribution in [3.8, 4) is 0 Å². The highest BCUT2D eigenvalue weighted by atomic mass is 32.1. The van der Waals surface area contributed by atoms with Gasteiger partial charge in [-0.15, -0.1) is 0 Å². The number of anilines is 2. The van der Waals surface area contributed by atoms with Crippen LogP contribution in [-0.4, -0.2) is 16.8 Å². The average Bonchev–Trinajstić information content (AvgIpc) is 3.55. The Morgan fingerprint density at radius 2 is 1.58 bits per heavy atom. The molecule has 0 saturated heterocycles. The molecule has 0 spiro atoms. The summed E-state index contributed by atoms with van der Waals surface area (Å²) >= 11 is 3.16. The highest BCUT2D eigenvalue weighted by molar-refractivity contribution is 7.08. The van der Waals surface area contributed by atoms with Crippen LogP contribution in [0.2, 0.25) is 0 Å². The van der Waals surface area contributed by atoms with Crippen molar-refractivity contribution in [1.82, 2.24) is 4.98 Å². The van der Waals surface area contributed by atoms with Crippen LogP contribution in [-0.2, 0) is 16.1 Å². The number of carbonyl (C=O) groups is 2. The topological polar surface area (TPSA) is 62.3 Å². The van der Waals surface area contributed by atoms with Crippen molar-refractivity contribution < 1.29 is 9.59 Å². The molecule has 1 N–H and O–H groups in total. The first-order valence-electron chi connectivity index (χ1n) is 10.2. The molecule has 4 rings (SSSR count). The van der Waals surface area contributed by atoms with E-state index in [1.807, 2.05) is 64.0 Å². The Morgan fingerprint density at radius 1 is 0.879 bits per heavy atom. The summed E-state index contributed by atoms with van der Waals surface area (Å²) in [6.45, 7) is 0.336. The van der Waals surface area contributed by atoms with Gasteiger partial charge in [-0.3, -0.25) is 14.6 Å². The number of aromatic nitrogens is 1. The third kappa shape index (κ3) is 6.58. The zero-order valence-corrected chi connectivity index (χ0v) is 19.3. The summed E-state index contributed by atoms with van der Waals surface area (Å²) < 4.78 is 0. The highest BCUT2D eigenvalue weighted by Crippen LogP contribution is 2.21. The van der Waals surface area contributed by atoms with Crippen LogP contribution in [0.3, 0.4) is 0 Å². The Labute approximate surface area is 200 Å². The van der Waals surface area contributed by atoms with Crippen LogP contribution in [0.15, 0.2) is 94.5 Å². The minimum absolute atomic E-state index is 0.151. The minimum atomic E-state index is -0.214. The molecule has 2 amide bonds. The quantitative estimate of drug-likeness (QED) is 0.316. The summed E-state index contributed by atoms with van der Waals surface area (Å²) in [4.78, 5) is 31.3. The normalized spacial score (nSPS) is 11.2. The molecule has 0 aliphatic heterocycles. The fraction of sp³-hybridized carbons (Fsp3) is 0.0385. The lowest BCUT2D eigenvalue weighted by Gasteiger charge is -2.21. The number of pyridine rings is 1. The Hall–Kier alpha value is -3.81. The van der Waals surface area contributed by atoms with Crippen molar-refractivity contribution in [1.29, 1.82) is 0 Å². The van der Waals surface area contributed by atoms with E-state index in [9.17, 15) is 9.59 Å². The lowest BCUT2D eigenvalue weighted by Crippen LogP contribution is -2.29. The maximum absolute atomic E-state index is 13.0. The number of nitrogens with zero attached hydrogens (tertiary/aromatic N) is 2. The number of nitrogens with one attached hydrogen (secondary N) is 1. The maximum Gasteiger partial charge on any atom is 0.251 e. The predicted octanol–water partition coefficient (Wildman–Crippen LogP) is 6.10. The molecule has 0 saturated carbocycles. The lowest BCUT2D eigenvalue weighted by atomic mass is 10.2. The second kappa shape index (κ2) is 11.2. The zero-order chi connectivity index (χ0) is 22.9. The predicted molar refractivity (Wildman–Crippen MR) is 137 cm³/mol. The van der Waals surface area contributed by atoms with E-state index >= 15 is 0 Å². The fourth-order valence-electron chi connectivity index (χ4n) is 3.03. The minimum Gasteiger partial charge on any atom is -0.323 e. The molecule has 3 aromatic heterocycles. The Morgan fingerprint density at radius 3 is 2.18 bits per heavy atom. The summed E-state index contributed by atoms with van der Waals surface area (Å²) in [7, 11) is 0. The molecule has 4 aromatic rings. The number of benzene rings is 1. The molecule has 33 heavy (non-hydrogen) atoms. The van der Waals surface area contributed by atoms with Gasteiger partial charge in [0.05, 0.1) is 12.2 Å². The molecule has 0 unspecified atom stereocenters. The van der Waals surface area contributed by atoms with Gasteiger partial charge in [0, 0.05) is 29.7 Å². The second-order valence-electron chi connectivity index (χ2n) is 7.06. The van der Waals surface area contributed by atoms with E-state index in [0.29, 0.717) is 17.9 Å². The maximum atomic E-state index is 13.0. The van der Waals surface area contributed by atoms with Crippen molar-refractivity contribution in [3.63, 3.8) is 0 Å². The van der Waals surface area contributed by atoms with Crippen molar-refractivity contribution >= 4 is 58.0 Å². The van der Waals surface area contributed by atoms with Crippen LogP contribution in [0.4, 0.5) is 11.4 Å². The average molecular weight is 472 g/mol. The smallest absolute Gasteiger partial charge is 0.251 e. The summed E-state index contributed by atoms with van der Waals surface area (Å²) in [6.07, 6.45) is 8.35. The van der Waals surface area contributed by atoms with Crippen molar-refractivity contribution in [2.24, 2.45) is 0 Å². The Kier molecular flexibility index (Phi) is 7.58. The van der Waals surface area contributed by atoms with Crippen LogP contribution >= 0.6 is 22.7 Å². The number of amides is 2. The molecular formula is C26H21N3O2S2. The molecule has 0 aliphatic rings. The van der Waals surface area contributed by atoms with Gasteiger partial charge in [0.1, 0.15) is 0 Å². The molecule has 0 radical (unpaired) electrons. The van der Waals surface area contributed by atoms with Gasteiger partial charge in [-0.05, 0) is 93.3 Å². The van der Waals surface area contributed by atoms with Gasteiger partial charge < -0.3 is 10.2 Å². The van der Waals surface area contributed by atoms with Gasteiger partial charge in [-0.1, -0.05) is 6.07 Å². The van der Waals surface area contributed by atoms with E-state index < -0.39 is 0 Å². The van der Waals surface area contributed by atoms with Gasteiger partial charge in [-0.2, -0.15) is 22.7 Å². The monoisotopic (exact) mass is 471 g/mol. The van der Waals surface area contributed by atoms with Crippen LogP contribution in [0.5, 0.6) is 0 Å². The fourth-order valence-corrected chi connectivity index (χ4v) is 4.28. The van der Waals surface area contributed by atoms with Gasteiger partial charge in [0.2, 0.25) is 5.91 Å². The number of hydrogen-bond acceptors (Lipinski definition) is 5. The summed E-state index contributed by atoms with van der Waals surface area (Å²) in [5.74, 6) is -0.364. The van der Waals surface area contributed by atoms with Gasteiger partial charge in [-0.25, -0.2) is 0 Å². The molecule has 0 aliphatic carbocycles. The van der Waals surface area contributed by atoms with E-state index in [1.165, 1.54) is 6.08 Å². The third-order valence-electron chi connectivity index (χ3n) is 4.69. The zero-order valence-electron chi connectivity index (χ0n) is 17.6. The molecule has 0 bridgehead atoms. The number of rotatable bonds is 8. The Bertz CT molecular complexity index is 1230. The molecule has 0 fully saturated rings. The van der Waals surface area contributed by atoms with E-state index in [0.717, 1.165) is 16.8 Å². The summed E-state index contributed by atoms with van der Waals surface area (Å²) in [5.41, 5.74) is 4.13. The standard InChI is InChI=1S/C26H21N3O2S2/c30-25(10-4-20-12-15-32-18-20)28-22-6-8-24(9-7-22)29(17-23-3-1-2-14-27-23)26(31)11-5-21-13-16-33-19-21/h1-16,18-19H,17H2,(H,28,30)/b10-4+,11-5+. The number of thiophene rings is 2. The van der Waals surface area contributed by atoms with Crippen LogP contribution < -0.4 is 10.2 Å². The molecule has 3 heterocycles. The highest BCUT2D eigenvalue weighted by Gasteiger charge is 2.15. The van der Waals surface area contributed by atoms with E-state index in [1.54, 1.807) is 64.1 Å². The number of carbonyl (C=O) groups excluding carboxylic acids is 2. The van der Waals surface area contributed by atoms with E-state index in [-0.39, 0.29) is 11.8 Å². The molecule has 0 atom stereocenters. The number of hydrogen-bond donors (Lipinski definition) is 1. The van der Waals surface area contributed by atoms with Crippen LogP contribution in [0, 0.1) is 0 Å². The van der Waals surface area contributed by atoms with Crippen molar-refractivity contribution in [2.75, 3.05) is 10.2 Å². The third-order valence-corrected chi connectivity index (χ3v) is 6.09. The van der Waals surface area contributed by atoms with Gasteiger partial charge in [0.15, 0.2) is 0 Å². The summed E-state index contributed by atoms with van der Waals surface area (Å²) in [6, 6.07) is 16.7. The largest absolute Gasteiger partial charge is 0.323 e. The first-order valence-corrected chi connectivity index (χ1v) is 12.1. The molecule has 1 aromatic carbocycles. The molecular weight excluding hydrogens is 450 g/mol. The second-order valence-corrected chi connectivity index (χ2v) is 8.62. The first-order chi connectivity index (χ1) is 16.2. The van der Waals surface area contributed by atoms with E-state index in [4.69, 9.17) is 0 Å². The van der Waals surface area contributed by atoms with Gasteiger partial charge >= 0.3 is 0 Å². The Balaban J connectivity index is 1.48. The van der Waals surface area contributed by atoms with E-state index in [2.05, 4.69) is 10.3 Å². The SMILES string of the molecule is O=C(/C=C/c1ccsc1)Nc1ccc(N(Cc2ccccn2)C(=O)/C=C/c2ccsc2)cc1. The molecule has 7 heteroatoms. The van der Waals surface area contributed by atoms with Gasteiger partial charge in [0.25, 0.3) is 5.91 Å². The first kappa shape index (κ1) is 22.4. The lowest BCUT2D eigenvalue weighted by molar-refractivity contribution is -0.114. The van der Waals surface area contributed by atoms with Crippen LogP contribution in [0.1, 0.15) is 16.8 Å². The van der Waals surface area contributed by atoms with Crippen molar-refractivity contribution in [2.45, 2.75) is 6.54 Å². The summed E-state index contributed by atoms with van der Waals surface area (Å²) in [5, 5.41) is 10.7.